The Balaban J connectivity index is 1.89. The molecule has 1 fully saturated rings. The summed E-state index contributed by atoms with van der Waals surface area (Å²) in [5, 5.41) is 9.87. The van der Waals surface area contributed by atoms with Gasteiger partial charge in [-0.2, -0.15) is 0 Å². The molecule has 2 aromatic carbocycles. The highest BCUT2D eigenvalue weighted by Crippen LogP contribution is 2.36. The summed E-state index contributed by atoms with van der Waals surface area (Å²) in [4.78, 5) is 12.2. The van der Waals surface area contributed by atoms with Crippen molar-refractivity contribution in [3.63, 3.8) is 0 Å². The number of rotatable bonds is 5. The minimum Gasteiger partial charge on any atom is -0.457 e. The first-order valence-corrected chi connectivity index (χ1v) is 10.5. The van der Waals surface area contributed by atoms with Crippen LogP contribution in [0.5, 0.6) is 11.5 Å². The number of hydrogen-bond acceptors (Lipinski definition) is 6. The standard InChI is InChI=1S/C18H17Cl2NO6S/c19-12-9-13(20)11-15(10-12)27-14-1-3-16(4-2-14)28(24,25)18(17(22)21-23)5-7-26-8-6-18/h1-4,9-11,23H,5-8H2,(H,21,22). The predicted molar refractivity (Wildman–Crippen MR) is 103 cm³/mol. The molecule has 0 unspecified atom stereocenters. The summed E-state index contributed by atoms with van der Waals surface area (Å²) in [6.45, 7) is 0.201. The second-order valence-corrected chi connectivity index (χ2v) is 9.36. The highest BCUT2D eigenvalue weighted by Gasteiger charge is 2.52. The van der Waals surface area contributed by atoms with Crippen molar-refractivity contribution in [1.29, 1.82) is 0 Å². The fourth-order valence-corrected chi connectivity index (χ4v) is 5.50. The Bertz CT molecular complexity index is 952. The highest BCUT2D eigenvalue weighted by molar-refractivity contribution is 7.93. The topological polar surface area (TPSA) is 102 Å². The largest absolute Gasteiger partial charge is 0.457 e. The molecule has 0 bridgehead atoms. The average Bonchev–Trinajstić information content (AvgIpc) is 2.67. The third kappa shape index (κ3) is 3.97. The number of hydrogen-bond donors (Lipinski definition) is 2. The van der Waals surface area contributed by atoms with Crippen molar-refractivity contribution in [3.05, 3.63) is 52.5 Å². The van der Waals surface area contributed by atoms with E-state index in [1.807, 2.05) is 0 Å². The maximum absolute atomic E-state index is 13.2. The van der Waals surface area contributed by atoms with Crippen LogP contribution < -0.4 is 10.2 Å². The van der Waals surface area contributed by atoms with Crippen molar-refractivity contribution in [2.75, 3.05) is 13.2 Å². The van der Waals surface area contributed by atoms with Crippen molar-refractivity contribution < 1.29 is 27.9 Å². The Kier molecular flexibility index (Phi) is 6.16. The molecule has 1 aliphatic rings. The molecule has 7 nitrogen and oxygen atoms in total. The van der Waals surface area contributed by atoms with Gasteiger partial charge in [0.1, 0.15) is 11.5 Å². The maximum Gasteiger partial charge on any atom is 0.265 e. The van der Waals surface area contributed by atoms with Gasteiger partial charge in [0, 0.05) is 23.3 Å². The number of benzene rings is 2. The van der Waals surface area contributed by atoms with Crippen LogP contribution in [0, 0.1) is 0 Å². The fourth-order valence-electron chi connectivity index (χ4n) is 3.06. The van der Waals surface area contributed by atoms with Gasteiger partial charge in [-0.1, -0.05) is 23.2 Å². The molecule has 1 heterocycles. The second-order valence-electron chi connectivity index (χ2n) is 6.23. The lowest BCUT2D eigenvalue weighted by molar-refractivity contribution is -0.134. The molecule has 2 aromatic rings. The Morgan fingerprint density at radius 1 is 1.04 bits per heavy atom. The summed E-state index contributed by atoms with van der Waals surface area (Å²) in [5.41, 5.74) is 1.48. The van der Waals surface area contributed by atoms with E-state index in [2.05, 4.69) is 0 Å². The molecule has 150 valence electrons. The molecule has 10 heteroatoms. The highest BCUT2D eigenvalue weighted by atomic mass is 35.5. The van der Waals surface area contributed by atoms with E-state index in [1.54, 1.807) is 18.2 Å². The Morgan fingerprint density at radius 2 is 1.61 bits per heavy atom. The van der Waals surface area contributed by atoms with E-state index in [9.17, 15) is 13.2 Å². The first kappa shape index (κ1) is 20.9. The van der Waals surface area contributed by atoms with Gasteiger partial charge in [-0.15, -0.1) is 0 Å². The van der Waals surface area contributed by atoms with E-state index in [4.69, 9.17) is 37.9 Å². The molecule has 2 N–H and O–H groups in total. The number of carbonyl (C=O) groups excluding carboxylic acids is 1. The number of amides is 1. The van der Waals surface area contributed by atoms with Crippen LogP contribution in [0.15, 0.2) is 47.4 Å². The summed E-state index contributed by atoms with van der Waals surface area (Å²) in [6.07, 6.45) is -0.109. The predicted octanol–water partition coefficient (Wildman–Crippen LogP) is 3.61. The number of hydroxylamine groups is 1. The van der Waals surface area contributed by atoms with E-state index < -0.39 is 20.5 Å². The zero-order valence-corrected chi connectivity index (χ0v) is 16.9. The quantitative estimate of drug-likeness (QED) is 0.538. The molecule has 0 atom stereocenters. The van der Waals surface area contributed by atoms with Gasteiger partial charge in [0.15, 0.2) is 14.6 Å². The minimum absolute atomic E-state index is 0.0546. The SMILES string of the molecule is O=C(NO)C1(S(=O)(=O)c2ccc(Oc3cc(Cl)cc(Cl)c3)cc2)CCOCC1. The third-order valence-corrected chi connectivity index (χ3v) is 7.49. The van der Waals surface area contributed by atoms with Crippen LogP contribution in [-0.2, 0) is 19.4 Å². The maximum atomic E-state index is 13.2. The lowest BCUT2D eigenvalue weighted by Crippen LogP contribution is -2.54. The molecule has 28 heavy (non-hydrogen) atoms. The summed E-state index contributed by atoms with van der Waals surface area (Å²) < 4.78 is 35.4. The van der Waals surface area contributed by atoms with Crippen LogP contribution >= 0.6 is 23.2 Å². The normalized spacial score (nSPS) is 16.4. The van der Waals surface area contributed by atoms with Crippen LogP contribution in [0.25, 0.3) is 0 Å². The summed E-state index contributed by atoms with van der Waals surface area (Å²) in [5.74, 6) is -0.205. The van der Waals surface area contributed by atoms with Crippen LogP contribution in [0.2, 0.25) is 10.0 Å². The molecule has 1 amide bonds. The smallest absolute Gasteiger partial charge is 0.265 e. The van der Waals surface area contributed by atoms with Gasteiger partial charge in [0.25, 0.3) is 5.91 Å². The van der Waals surface area contributed by atoms with Crippen molar-refractivity contribution >= 4 is 38.9 Å². The minimum atomic E-state index is -4.09. The molecule has 3 rings (SSSR count). The Morgan fingerprint density at radius 3 is 2.14 bits per heavy atom. The lowest BCUT2D eigenvalue weighted by Gasteiger charge is -2.34. The lowest BCUT2D eigenvalue weighted by atomic mass is 9.98. The number of carbonyl (C=O) groups is 1. The van der Waals surface area contributed by atoms with E-state index in [1.165, 1.54) is 29.7 Å². The number of ether oxygens (including phenoxy) is 2. The molecular formula is C18H17Cl2NO6S. The van der Waals surface area contributed by atoms with Gasteiger partial charge in [-0.3, -0.25) is 10.0 Å². The number of nitrogens with one attached hydrogen (secondary N) is 1. The van der Waals surface area contributed by atoms with Gasteiger partial charge in [-0.25, -0.2) is 13.9 Å². The van der Waals surface area contributed by atoms with E-state index in [0.717, 1.165) is 0 Å². The van der Waals surface area contributed by atoms with Gasteiger partial charge < -0.3 is 9.47 Å². The molecule has 0 aromatic heterocycles. The summed E-state index contributed by atoms with van der Waals surface area (Å²) >= 11 is 11.9. The number of sulfone groups is 1. The second kappa shape index (κ2) is 8.26. The zero-order chi connectivity index (χ0) is 20.4. The van der Waals surface area contributed by atoms with Crippen LogP contribution in [0.1, 0.15) is 12.8 Å². The van der Waals surface area contributed by atoms with E-state index in [-0.39, 0.29) is 31.0 Å². The van der Waals surface area contributed by atoms with Crippen molar-refractivity contribution in [3.8, 4) is 11.5 Å². The average molecular weight is 446 g/mol. The van der Waals surface area contributed by atoms with Gasteiger partial charge >= 0.3 is 0 Å². The van der Waals surface area contributed by atoms with Gasteiger partial charge in [-0.05, 0) is 55.3 Å². The third-order valence-electron chi connectivity index (χ3n) is 4.54. The van der Waals surface area contributed by atoms with E-state index in [0.29, 0.717) is 21.5 Å². The molecule has 0 aliphatic carbocycles. The fraction of sp³-hybridized carbons (Fsp3) is 0.278. The van der Waals surface area contributed by atoms with Gasteiger partial charge in [0.05, 0.1) is 4.90 Å². The van der Waals surface area contributed by atoms with Crippen molar-refractivity contribution in [1.82, 2.24) is 5.48 Å². The number of halogens is 2. The van der Waals surface area contributed by atoms with Gasteiger partial charge in [0.2, 0.25) is 0 Å². The van der Waals surface area contributed by atoms with Crippen LogP contribution in [-0.4, -0.2) is 37.5 Å². The van der Waals surface area contributed by atoms with Crippen LogP contribution in [0.4, 0.5) is 0 Å². The molecule has 1 saturated heterocycles. The molecule has 0 radical (unpaired) electrons. The van der Waals surface area contributed by atoms with Crippen molar-refractivity contribution in [2.24, 2.45) is 0 Å². The van der Waals surface area contributed by atoms with E-state index >= 15 is 0 Å². The first-order valence-electron chi connectivity index (χ1n) is 8.29. The molecule has 0 spiro atoms. The summed E-state index contributed by atoms with van der Waals surface area (Å²) in [6, 6.07) is 10.3. The molecular weight excluding hydrogens is 429 g/mol. The molecule has 0 saturated carbocycles. The zero-order valence-electron chi connectivity index (χ0n) is 14.5. The molecule has 1 aliphatic heterocycles. The Hall–Kier alpha value is -1.84. The Labute approximate surface area is 172 Å². The first-order chi connectivity index (χ1) is 13.3. The monoisotopic (exact) mass is 445 g/mol. The van der Waals surface area contributed by atoms with Crippen LogP contribution in [0.3, 0.4) is 0 Å². The van der Waals surface area contributed by atoms with Crippen molar-refractivity contribution in [2.45, 2.75) is 22.5 Å². The summed E-state index contributed by atoms with van der Waals surface area (Å²) in [7, 11) is -4.09.